The Morgan fingerprint density at radius 2 is 1.62 bits per heavy atom. The number of likely N-dealkylation sites (tertiary alicyclic amines) is 2. The molecule has 2 aromatic rings. The first-order valence-corrected chi connectivity index (χ1v) is 12.5. The van der Waals surface area contributed by atoms with Crippen molar-refractivity contribution in [1.82, 2.24) is 15.1 Å². The molecule has 2 heterocycles. The highest BCUT2D eigenvalue weighted by atomic mass is 35.5. The highest BCUT2D eigenvalue weighted by Gasteiger charge is 2.26. The van der Waals surface area contributed by atoms with E-state index in [0.29, 0.717) is 6.54 Å². The van der Waals surface area contributed by atoms with Crippen molar-refractivity contribution in [3.05, 3.63) is 70.2 Å². The number of nitrogens with zero attached hydrogens (tertiary/aromatic N) is 2. The molecule has 0 radical (unpaired) electrons. The summed E-state index contributed by atoms with van der Waals surface area (Å²) in [5, 5.41) is 3.97. The number of piperidine rings is 2. The first-order valence-electron chi connectivity index (χ1n) is 12.1. The van der Waals surface area contributed by atoms with Gasteiger partial charge in [0, 0.05) is 37.7 Å². The predicted molar refractivity (Wildman–Crippen MR) is 131 cm³/mol. The summed E-state index contributed by atoms with van der Waals surface area (Å²) in [4.78, 5) is 17.7. The first-order chi connectivity index (χ1) is 15.6. The summed E-state index contributed by atoms with van der Waals surface area (Å²) in [5.41, 5.74) is 3.66. The highest BCUT2D eigenvalue weighted by Crippen LogP contribution is 2.22. The number of benzene rings is 2. The van der Waals surface area contributed by atoms with E-state index in [4.69, 9.17) is 11.6 Å². The fraction of sp³-hybridized carbons (Fsp3) is 0.519. The third-order valence-electron chi connectivity index (χ3n) is 6.87. The standard InChI is InChI=1S/C27H36ClN3O/c1-21-6-4-14-30(17-21)18-23-12-10-22(11-13-23)16-29-27(32)25-8-5-15-31(20-25)19-24-7-2-3-9-26(24)28/h2-3,7,9-13,21,25H,4-6,8,14-20H2,1H3,(H,29,32). The molecule has 2 atom stereocenters. The number of hydrogen-bond donors (Lipinski definition) is 1. The van der Waals surface area contributed by atoms with E-state index in [1.54, 1.807) is 0 Å². The summed E-state index contributed by atoms with van der Waals surface area (Å²) in [6.07, 6.45) is 4.67. The van der Waals surface area contributed by atoms with Crippen LogP contribution in [0, 0.1) is 11.8 Å². The lowest BCUT2D eigenvalue weighted by Gasteiger charge is -2.32. The zero-order chi connectivity index (χ0) is 22.3. The Labute approximate surface area is 197 Å². The largest absolute Gasteiger partial charge is 0.352 e. The minimum absolute atomic E-state index is 0.0478. The summed E-state index contributed by atoms with van der Waals surface area (Å²) in [5.74, 6) is 1.02. The van der Waals surface area contributed by atoms with Crippen molar-refractivity contribution in [3.63, 3.8) is 0 Å². The first kappa shape index (κ1) is 23.3. The van der Waals surface area contributed by atoms with Gasteiger partial charge in [0.15, 0.2) is 0 Å². The number of carbonyl (C=O) groups excluding carboxylic acids is 1. The molecule has 172 valence electrons. The molecule has 0 aromatic heterocycles. The van der Waals surface area contributed by atoms with Crippen molar-refractivity contribution in [3.8, 4) is 0 Å². The van der Waals surface area contributed by atoms with Crippen LogP contribution in [0.5, 0.6) is 0 Å². The van der Waals surface area contributed by atoms with E-state index in [-0.39, 0.29) is 11.8 Å². The van der Waals surface area contributed by atoms with Crippen molar-refractivity contribution in [2.75, 3.05) is 26.2 Å². The van der Waals surface area contributed by atoms with E-state index < -0.39 is 0 Å². The van der Waals surface area contributed by atoms with Crippen LogP contribution in [-0.4, -0.2) is 41.9 Å². The fourth-order valence-electron chi connectivity index (χ4n) is 5.07. The van der Waals surface area contributed by atoms with E-state index in [0.717, 1.165) is 61.1 Å². The van der Waals surface area contributed by atoms with Crippen molar-refractivity contribution in [2.45, 2.75) is 52.2 Å². The molecular weight excluding hydrogens is 418 g/mol. The zero-order valence-corrected chi connectivity index (χ0v) is 20.0. The topological polar surface area (TPSA) is 35.6 Å². The Balaban J connectivity index is 1.23. The Morgan fingerprint density at radius 3 is 2.38 bits per heavy atom. The summed E-state index contributed by atoms with van der Waals surface area (Å²) in [6, 6.07) is 16.7. The molecule has 4 nitrogen and oxygen atoms in total. The molecule has 0 bridgehead atoms. The van der Waals surface area contributed by atoms with Crippen molar-refractivity contribution in [1.29, 1.82) is 0 Å². The van der Waals surface area contributed by atoms with Gasteiger partial charge in [-0.1, -0.05) is 61.0 Å². The lowest BCUT2D eigenvalue weighted by atomic mass is 9.96. The highest BCUT2D eigenvalue weighted by molar-refractivity contribution is 6.31. The van der Waals surface area contributed by atoms with Crippen LogP contribution in [0.4, 0.5) is 0 Å². The maximum absolute atomic E-state index is 12.8. The molecule has 5 heteroatoms. The van der Waals surface area contributed by atoms with Crippen LogP contribution < -0.4 is 5.32 Å². The van der Waals surface area contributed by atoms with E-state index in [2.05, 4.69) is 52.4 Å². The quantitative estimate of drug-likeness (QED) is 0.633. The van der Waals surface area contributed by atoms with Crippen LogP contribution in [0.3, 0.4) is 0 Å². The molecule has 0 aliphatic carbocycles. The van der Waals surface area contributed by atoms with Crippen molar-refractivity contribution in [2.24, 2.45) is 11.8 Å². The Hall–Kier alpha value is -1.88. The SMILES string of the molecule is CC1CCCN(Cc2ccc(CNC(=O)C3CCCN(Cc4ccccc4Cl)C3)cc2)C1. The van der Waals surface area contributed by atoms with E-state index in [1.165, 1.54) is 31.5 Å². The molecule has 1 N–H and O–H groups in total. The number of nitrogens with one attached hydrogen (secondary N) is 1. The molecule has 0 saturated carbocycles. The summed E-state index contributed by atoms with van der Waals surface area (Å²) < 4.78 is 0. The number of amides is 1. The second kappa shape index (κ2) is 11.3. The molecule has 2 aliphatic rings. The smallest absolute Gasteiger partial charge is 0.224 e. The molecule has 2 saturated heterocycles. The van der Waals surface area contributed by atoms with Gasteiger partial charge in [-0.2, -0.15) is 0 Å². The number of rotatable bonds is 7. The van der Waals surface area contributed by atoms with Crippen molar-refractivity contribution < 1.29 is 4.79 Å². The van der Waals surface area contributed by atoms with Gasteiger partial charge in [0.1, 0.15) is 0 Å². The van der Waals surface area contributed by atoms with Gasteiger partial charge in [0.05, 0.1) is 5.92 Å². The van der Waals surface area contributed by atoms with Gasteiger partial charge in [-0.3, -0.25) is 14.6 Å². The molecule has 4 rings (SSSR count). The van der Waals surface area contributed by atoms with Crippen molar-refractivity contribution >= 4 is 17.5 Å². The Morgan fingerprint density at radius 1 is 0.938 bits per heavy atom. The summed E-state index contributed by atoms with van der Waals surface area (Å²) in [7, 11) is 0. The van der Waals surface area contributed by atoms with Crippen LogP contribution in [0.1, 0.15) is 49.3 Å². The maximum atomic E-state index is 12.8. The second-order valence-electron chi connectivity index (χ2n) is 9.68. The van der Waals surface area contributed by atoms with Crippen LogP contribution in [0.2, 0.25) is 5.02 Å². The van der Waals surface area contributed by atoms with Gasteiger partial charge in [-0.25, -0.2) is 0 Å². The number of carbonyl (C=O) groups is 1. The molecule has 2 unspecified atom stereocenters. The molecule has 32 heavy (non-hydrogen) atoms. The fourth-order valence-corrected chi connectivity index (χ4v) is 5.26. The van der Waals surface area contributed by atoms with E-state index >= 15 is 0 Å². The Kier molecular flexibility index (Phi) is 8.23. The monoisotopic (exact) mass is 453 g/mol. The molecule has 0 spiro atoms. The second-order valence-corrected chi connectivity index (χ2v) is 10.1. The van der Waals surface area contributed by atoms with Gasteiger partial charge in [0.25, 0.3) is 0 Å². The molecule has 2 aliphatic heterocycles. The average molecular weight is 454 g/mol. The van der Waals surface area contributed by atoms with Crippen LogP contribution in [0.25, 0.3) is 0 Å². The summed E-state index contributed by atoms with van der Waals surface area (Å²) in [6.45, 7) is 9.00. The van der Waals surface area contributed by atoms with Gasteiger partial charge in [-0.15, -0.1) is 0 Å². The van der Waals surface area contributed by atoms with Crippen LogP contribution in [0.15, 0.2) is 48.5 Å². The van der Waals surface area contributed by atoms with E-state index in [9.17, 15) is 4.79 Å². The molecular formula is C27H36ClN3O. The molecule has 2 fully saturated rings. The van der Waals surface area contributed by atoms with Gasteiger partial charge in [-0.05, 0) is 67.4 Å². The summed E-state index contributed by atoms with van der Waals surface area (Å²) >= 11 is 6.32. The van der Waals surface area contributed by atoms with Crippen LogP contribution >= 0.6 is 11.6 Å². The minimum Gasteiger partial charge on any atom is -0.352 e. The normalized spacial score (nSPS) is 22.6. The minimum atomic E-state index is 0.0478. The average Bonchev–Trinajstić information content (AvgIpc) is 2.80. The van der Waals surface area contributed by atoms with Crippen LogP contribution in [-0.2, 0) is 24.4 Å². The third kappa shape index (κ3) is 6.57. The zero-order valence-electron chi connectivity index (χ0n) is 19.2. The third-order valence-corrected chi connectivity index (χ3v) is 7.23. The lowest BCUT2D eigenvalue weighted by molar-refractivity contribution is -0.126. The molecule has 2 aromatic carbocycles. The number of hydrogen-bond acceptors (Lipinski definition) is 3. The molecule has 1 amide bonds. The Bertz CT molecular complexity index is 885. The van der Waals surface area contributed by atoms with E-state index in [1.807, 2.05) is 18.2 Å². The number of halogens is 1. The maximum Gasteiger partial charge on any atom is 0.224 e. The lowest BCUT2D eigenvalue weighted by Crippen LogP contribution is -2.42. The van der Waals surface area contributed by atoms with Gasteiger partial charge < -0.3 is 5.32 Å². The predicted octanol–water partition coefficient (Wildman–Crippen LogP) is 5.10. The van der Waals surface area contributed by atoms with Gasteiger partial charge >= 0.3 is 0 Å². The van der Waals surface area contributed by atoms with Gasteiger partial charge in [0.2, 0.25) is 5.91 Å².